The molecule has 0 unspecified atom stereocenters. The first-order chi connectivity index (χ1) is 6.15. The van der Waals surface area contributed by atoms with E-state index < -0.39 is 0 Å². The van der Waals surface area contributed by atoms with Crippen molar-refractivity contribution in [2.45, 2.75) is 6.92 Å². The van der Waals surface area contributed by atoms with Gasteiger partial charge in [-0.3, -0.25) is 4.79 Å². The number of allylic oxidation sites excluding steroid dienone is 1. The van der Waals surface area contributed by atoms with Crippen LogP contribution >= 0.6 is 11.6 Å². The number of aldehydes is 1. The lowest BCUT2D eigenvalue weighted by atomic mass is 10.1. The van der Waals surface area contributed by atoms with Gasteiger partial charge in [-0.1, -0.05) is 23.7 Å². The zero-order chi connectivity index (χ0) is 9.84. The maximum absolute atomic E-state index is 12.5. The van der Waals surface area contributed by atoms with E-state index in [1.807, 2.05) is 0 Å². The minimum Gasteiger partial charge on any atom is -0.298 e. The van der Waals surface area contributed by atoms with E-state index in [2.05, 4.69) is 0 Å². The van der Waals surface area contributed by atoms with Gasteiger partial charge in [0.1, 0.15) is 12.1 Å². The van der Waals surface area contributed by atoms with Crippen molar-refractivity contribution in [1.29, 1.82) is 0 Å². The van der Waals surface area contributed by atoms with Gasteiger partial charge in [0.25, 0.3) is 0 Å². The van der Waals surface area contributed by atoms with Crippen LogP contribution in [0.15, 0.2) is 29.8 Å². The molecule has 0 aromatic heterocycles. The second-order valence-corrected chi connectivity index (χ2v) is 3.00. The summed E-state index contributed by atoms with van der Waals surface area (Å²) in [4.78, 5) is 10.4. The second kappa shape index (κ2) is 4.19. The van der Waals surface area contributed by atoms with Crippen LogP contribution in [0.4, 0.5) is 4.39 Å². The molecule has 13 heavy (non-hydrogen) atoms. The summed E-state index contributed by atoms with van der Waals surface area (Å²) in [6.45, 7) is 1.61. The van der Waals surface area contributed by atoms with E-state index in [4.69, 9.17) is 11.6 Å². The first kappa shape index (κ1) is 9.93. The average Bonchev–Trinajstić information content (AvgIpc) is 2.17. The van der Waals surface area contributed by atoms with Gasteiger partial charge in [-0.2, -0.15) is 0 Å². The van der Waals surface area contributed by atoms with Crippen LogP contribution in [0.5, 0.6) is 0 Å². The molecule has 0 heterocycles. The summed E-state index contributed by atoms with van der Waals surface area (Å²) in [5.74, 6) is -0.322. The summed E-state index contributed by atoms with van der Waals surface area (Å²) in [6.07, 6.45) is 0.672. The van der Waals surface area contributed by atoms with E-state index in [1.54, 1.807) is 6.92 Å². The Morgan fingerprint density at radius 3 is 2.38 bits per heavy atom. The third-order valence-corrected chi connectivity index (χ3v) is 2.14. The Morgan fingerprint density at radius 2 is 1.92 bits per heavy atom. The van der Waals surface area contributed by atoms with E-state index in [0.29, 0.717) is 22.5 Å². The largest absolute Gasteiger partial charge is 0.298 e. The summed E-state index contributed by atoms with van der Waals surface area (Å²) in [7, 11) is 0. The molecule has 0 aliphatic rings. The topological polar surface area (TPSA) is 17.1 Å². The van der Waals surface area contributed by atoms with E-state index in [0.717, 1.165) is 0 Å². The first-order valence-corrected chi connectivity index (χ1v) is 4.10. The number of rotatable bonds is 2. The Kier molecular flexibility index (Phi) is 3.20. The molecule has 0 aliphatic carbocycles. The van der Waals surface area contributed by atoms with E-state index >= 15 is 0 Å². The van der Waals surface area contributed by atoms with E-state index in [-0.39, 0.29) is 5.82 Å². The van der Waals surface area contributed by atoms with Crippen molar-refractivity contribution in [3.05, 3.63) is 41.2 Å². The Bertz CT molecular complexity index is 340. The normalized spacial score (nSPS) is 12.2. The standard InChI is InChI=1S/C10H8ClFO/c1-7(6-13)10(11)8-2-4-9(12)5-3-8/h2-6H,1H3. The quantitative estimate of drug-likeness (QED) is 0.528. The fourth-order valence-corrected chi connectivity index (χ4v) is 1.05. The van der Waals surface area contributed by atoms with Gasteiger partial charge in [0.2, 0.25) is 0 Å². The monoisotopic (exact) mass is 198 g/mol. The van der Waals surface area contributed by atoms with Crippen LogP contribution in [0, 0.1) is 5.82 Å². The first-order valence-electron chi connectivity index (χ1n) is 3.72. The summed E-state index contributed by atoms with van der Waals surface area (Å²) in [5, 5.41) is 0.356. The van der Waals surface area contributed by atoms with Crippen molar-refractivity contribution in [2.24, 2.45) is 0 Å². The van der Waals surface area contributed by atoms with Gasteiger partial charge >= 0.3 is 0 Å². The number of hydrogen-bond acceptors (Lipinski definition) is 1. The molecule has 1 aromatic carbocycles. The highest BCUT2D eigenvalue weighted by atomic mass is 35.5. The summed E-state index contributed by atoms with van der Waals surface area (Å²) < 4.78 is 12.5. The number of carbonyl (C=O) groups is 1. The van der Waals surface area contributed by atoms with Gasteiger partial charge < -0.3 is 0 Å². The molecule has 1 nitrogen and oxygen atoms in total. The molecule has 0 fully saturated rings. The van der Waals surface area contributed by atoms with Crippen molar-refractivity contribution in [3.8, 4) is 0 Å². The predicted octanol–water partition coefficient (Wildman–Crippen LogP) is 2.99. The molecule has 0 saturated carbocycles. The summed E-state index contributed by atoms with van der Waals surface area (Å²) in [5.41, 5.74) is 1.08. The number of halogens is 2. The van der Waals surface area contributed by atoms with Crippen LogP contribution in [0.3, 0.4) is 0 Å². The second-order valence-electron chi connectivity index (χ2n) is 2.62. The van der Waals surface area contributed by atoms with Crippen molar-refractivity contribution in [2.75, 3.05) is 0 Å². The highest BCUT2D eigenvalue weighted by molar-refractivity contribution is 6.50. The maximum atomic E-state index is 12.5. The lowest BCUT2D eigenvalue weighted by molar-refractivity contribution is -0.104. The SMILES string of the molecule is CC(C=O)=C(Cl)c1ccc(F)cc1. The Hall–Kier alpha value is -1.15. The average molecular weight is 199 g/mol. The molecule has 0 amide bonds. The summed E-state index contributed by atoms with van der Waals surface area (Å²) >= 11 is 5.84. The van der Waals surface area contributed by atoms with Gasteiger partial charge in [-0.25, -0.2) is 4.39 Å². The third kappa shape index (κ3) is 2.39. The zero-order valence-corrected chi connectivity index (χ0v) is 7.81. The Labute approximate surface area is 80.8 Å². The molecule has 0 bridgehead atoms. The van der Waals surface area contributed by atoms with Crippen LogP contribution in [0.2, 0.25) is 0 Å². The molecule has 1 rings (SSSR count). The van der Waals surface area contributed by atoms with Gasteiger partial charge in [-0.05, 0) is 24.6 Å². The minimum atomic E-state index is -0.322. The lowest BCUT2D eigenvalue weighted by Crippen LogP contribution is -1.84. The third-order valence-electron chi connectivity index (χ3n) is 1.62. The van der Waals surface area contributed by atoms with Crippen LogP contribution in [-0.4, -0.2) is 6.29 Å². The molecule has 0 aliphatic heterocycles. The van der Waals surface area contributed by atoms with E-state index in [1.165, 1.54) is 24.3 Å². The number of benzene rings is 1. The number of carbonyl (C=O) groups excluding carboxylic acids is 1. The van der Waals surface area contributed by atoms with Gasteiger partial charge in [-0.15, -0.1) is 0 Å². The van der Waals surface area contributed by atoms with Crippen molar-refractivity contribution in [1.82, 2.24) is 0 Å². The van der Waals surface area contributed by atoms with Gasteiger partial charge in [0.15, 0.2) is 0 Å². The van der Waals surface area contributed by atoms with Gasteiger partial charge in [0.05, 0.1) is 5.03 Å². The van der Waals surface area contributed by atoms with Crippen LogP contribution < -0.4 is 0 Å². The molecular formula is C10H8ClFO. The van der Waals surface area contributed by atoms with Crippen LogP contribution in [0.1, 0.15) is 12.5 Å². The molecule has 3 heteroatoms. The van der Waals surface area contributed by atoms with Crippen molar-refractivity contribution >= 4 is 22.9 Å². The maximum Gasteiger partial charge on any atom is 0.147 e. The smallest absolute Gasteiger partial charge is 0.147 e. The molecule has 0 N–H and O–H groups in total. The molecular weight excluding hydrogens is 191 g/mol. The molecule has 1 aromatic rings. The van der Waals surface area contributed by atoms with E-state index in [9.17, 15) is 9.18 Å². The molecule has 0 radical (unpaired) electrons. The highest BCUT2D eigenvalue weighted by Crippen LogP contribution is 2.21. The molecule has 0 spiro atoms. The van der Waals surface area contributed by atoms with Crippen molar-refractivity contribution < 1.29 is 9.18 Å². The minimum absolute atomic E-state index is 0.322. The van der Waals surface area contributed by atoms with Crippen molar-refractivity contribution in [3.63, 3.8) is 0 Å². The fourth-order valence-electron chi connectivity index (χ4n) is 0.876. The van der Waals surface area contributed by atoms with Crippen LogP contribution in [0.25, 0.3) is 5.03 Å². The highest BCUT2D eigenvalue weighted by Gasteiger charge is 2.01. The lowest BCUT2D eigenvalue weighted by Gasteiger charge is -1.99. The Balaban J connectivity index is 3.09. The molecule has 0 atom stereocenters. The summed E-state index contributed by atoms with van der Waals surface area (Å²) in [6, 6.07) is 5.67. The molecule has 68 valence electrons. The molecule has 0 saturated heterocycles. The van der Waals surface area contributed by atoms with Gasteiger partial charge in [0, 0.05) is 5.57 Å². The van der Waals surface area contributed by atoms with Crippen LogP contribution in [-0.2, 0) is 4.79 Å². The predicted molar refractivity (Wildman–Crippen MR) is 50.9 cm³/mol. The fraction of sp³-hybridized carbons (Fsp3) is 0.100. The Morgan fingerprint density at radius 1 is 1.38 bits per heavy atom. The zero-order valence-electron chi connectivity index (χ0n) is 7.05. The number of hydrogen-bond donors (Lipinski definition) is 0.